The number of imidazole rings is 1. The third-order valence-corrected chi connectivity index (χ3v) is 6.03. The van der Waals surface area contributed by atoms with E-state index in [4.69, 9.17) is 9.47 Å². The van der Waals surface area contributed by atoms with Crippen molar-refractivity contribution in [3.8, 4) is 11.4 Å². The summed E-state index contributed by atoms with van der Waals surface area (Å²) in [6, 6.07) is 16.9. The molecule has 4 aromatic rings. The number of aliphatic hydroxyl groups is 5. The molecule has 0 saturated carbocycles. The van der Waals surface area contributed by atoms with Crippen molar-refractivity contribution in [2.24, 2.45) is 0 Å². The standard InChI is InChI=1S/C24H25N3O7/c28-13-19-21(29)22(30)24(32,23(31)33-19)34-18-5-3-4-17-20(18)27(14-25-17)12-15-6-8-16(9-7-15)26-10-1-2-11-26/h1-11,14,19,21-23,28-32H,12-13H2/t19-,21-,22+,23-,24+/m1/s1. The Morgan fingerprint density at radius 1 is 1.00 bits per heavy atom. The summed E-state index contributed by atoms with van der Waals surface area (Å²) in [5, 5.41) is 51.1. The van der Waals surface area contributed by atoms with E-state index in [-0.39, 0.29) is 5.75 Å². The van der Waals surface area contributed by atoms with Crippen LogP contribution in [-0.2, 0) is 11.3 Å². The lowest BCUT2D eigenvalue weighted by molar-refractivity contribution is -0.385. The second kappa shape index (κ2) is 8.84. The highest BCUT2D eigenvalue weighted by molar-refractivity contribution is 5.82. The van der Waals surface area contributed by atoms with Gasteiger partial charge in [-0.1, -0.05) is 18.2 Å². The summed E-state index contributed by atoms with van der Waals surface area (Å²) in [7, 11) is 0. The van der Waals surface area contributed by atoms with Crippen LogP contribution in [0.15, 0.2) is 73.3 Å². The Labute approximate surface area is 194 Å². The van der Waals surface area contributed by atoms with Gasteiger partial charge in [0.15, 0.2) is 6.10 Å². The van der Waals surface area contributed by atoms with Gasteiger partial charge in [0, 0.05) is 24.6 Å². The van der Waals surface area contributed by atoms with Gasteiger partial charge in [0.1, 0.15) is 23.5 Å². The third-order valence-electron chi connectivity index (χ3n) is 6.03. The van der Waals surface area contributed by atoms with Gasteiger partial charge < -0.3 is 44.1 Å². The summed E-state index contributed by atoms with van der Waals surface area (Å²) in [5.74, 6) is -2.55. The molecular formula is C24H25N3O7. The van der Waals surface area contributed by atoms with Crippen LogP contribution in [0.2, 0.25) is 0 Å². The van der Waals surface area contributed by atoms with Crippen molar-refractivity contribution in [1.29, 1.82) is 0 Å². The highest BCUT2D eigenvalue weighted by Crippen LogP contribution is 2.35. The number of aromatic nitrogens is 3. The van der Waals surface area contributed by atoms with Gasteiger partial charge in [-0.25, -0.2) is 4.98 Å². The number of para-hydroxylation sites is 1. The predicted molar refractivity (Wildman–Crippen MR) is 120 cm³/mol. The molecule has 2 aromatic carbocycles. The molecule has 5 rings (SSSR count). The van der Waals surface area contributed by atoms with E-state index in [1.165, 1.54) is 0 Å². The van der Waals surface area contributed by atoms with Gasteiger partial charge in [-0.05, 0) is 42.0 Å². The molecule has 10 heteroatoms. The van der Waals surface area contributed by atoms with Gasteiger partial charge in [-0.15, -0.1) is 0 Å². The first-order chi connectivity index (χ1) is 16.4. The molecule has 0 bridgehead atoms. The fourth-order valence-electron chi connectivity index (χ4n) is 4.15. The van der Waals surface area contributed by atoms with E-state index < -0.39 is 37.0 Å². The number of benzene rings is 2. The first kappa shape index (κ1) is 22.5. The average Bonchev–Trinajstić information content (AvgIpc) is 3.52. The molecule has 34 heavy (non-hydrogen) atoms. The van der Waals surface area contributed by atoms with Crippen molar-refractivity contribution in [1.82, 2.24) is 14.1 Å². The lowest BCUT2D eigenvalue weighted by Gasteiger charge is -2.45. The molecule has 178 valence electrons. The monoisotopic (exact) mass is 467 g/mol. The summed E-state index contributed by atoms with van der Waals surface area (Å²) >= 11 is 0. The Bertz CT molecular complexity index is 1260. The zero-order valence-electron chi connectivity index (χ0n) is 18.0. The van der Waals surface area contributed by atoms with E-state index in [1.807, 2.05) is 57.9 Å². The molecule has 0 spiro atoms. The van der Waals surface area contributed by atoms with Crippen molar-refractivity contribution in [3.63, 3.8) is 0 Å². The second-order valence-electron chi connectivity index (χ2n) is 8.25. The maximum atomic E-state index is 10.9. The molecule has 1 saturated heterocycles. The summed E-state index contributed by atoms with van der Waals surface area (Å²) in [5.41, 5.74) is 3.10. The minimum absolute atomic E-state index is 0.123. The highest BCUT2D eigenvalue weighted by atomic mass is 16.7. The van der Waals surface area contributed by atoms with Gasteiger partial charge in [-0.3, -0.25) is 0 Å². The quantitative estimate of drug-likeness (QED) is 0.256. The molecule has 1 aliphatic rings. The smallest absolute Gasteiger partial charge is 0.288 e. The zero-order chi connectivity index (χ0) is 23.9. The van der Waals surface area contributed by atoms with Crippen molar-refractivity contribution >= 4 is 11.0 Å². The van der Waals surface area contributed by atoms with Gasteiger partial charge >= 0.3 is 0 Å². The molecule has 1 fully saturated rings. The van der Waals surface area contributed by atoms with Crippen molar-refractivity contribution < 1.29 is 35.0 Å². The number of aliphatic hydroxyl groups excluding tert-OH is 4. The number of hydrogen-bond acceptors (Lipinski definition) is 8. The fraction of sp³-hybridized carbons (Fsp3) is 0.292. The molecule has 10 nitrogen and oxygen atoms in total. The van der Waals surface area contributed by atoms with Gasteiger partial charge in [0.05, 0.1) is 18.5 Å². The number of rotatable bonds is 6. The first-order valence-electron chi connectivity index (χ1n) is 10.8. The van der Waals surface area contributed by atoms with Crippen LogP contribution < -0.4 is 4.74 Å². The minimum atomic E-state index is -2.67. The first-order valence-corrected chi connectivity index (χ1v) is 10.8. The minimum Gasteiger partial charge on any atom is -0.452 e. The normalized spacial score (nSPS) is 27.2. The van der Waals surface area contributed by atoms with E-state index in [9.17, 15) is 25.5 Å². The lowest BCUT2D eigenvalue weighted by atomic mass is 9.96. The van der Waals surface area contributed by atoms with Crippen molar-refractivity contribution in [2.45, 2.75) is 36.9 Å². The fourth-order valence-corrected chi connectivity index (χ4v) is 4.15. The van der Waals surface area contributed by atoms with E-state index in [1.54, 1.807) is 24.5 Å². The summed E-state index contributed by atoms with van der Waals surface area (Å²) in [6.45, 7) is -0.213. The molecule has 5 N–H and O–H groups in total. The van der Waals surface area contributed by atoms with E-state index in [2.05, 4.69) is 4.98 Å². The number of nitrogens with zero attached hydrogens (tertiary/aromatic N) is 3. The topological polar surface area (TPSA) is 142 Å². The Hall–Kier alpha value is -3.25. The number of ether oxygens (including phenoxy) is 2. The summed E-state index contributed by atoms with van der Waals surface area (Å²) in [6.07, 6.45) is -1.36. The van der Waals surface area contributed by atoms with Crippen LogP contribution in [-0.4, -0.2) is 76.6 Å². The van der Waals surface area contributed by atoms with Gasteiger partial charge in [0.2, 0.25) is 6.29 Å². The van der Waals surface area contributed by atoms with Crippen LogP contribution in [0.1, 0.15) is 5.56 Å². The van der Waals surface area contributed by atoms with Crippen LogP contribution in [0.4, 0.5) is 0 Å². The Balaban J connectivity index is 1.44. The molecule has 5 atom stereocenters. The molecular weight excluding hydrogens is 442 g/mol. The largest absolute Gasteiger partial charge is 0.452 e. The van der Waals surface area contributed by atoms with Gasteiger partial charge in [-0.2, -0.15) is 0 Å². The van der Waals surface area contributed by atoms with Gasteiger partial charge in [0.25, 0.3) is 5.79 Å². The van der Waals surface area contributed by atoms with E-state index >= 15 is 0 Å². The molecule has 1 aliphatic heterocycles. The molecule has 0 radical (unpaired) electrons. The predicted octanol–water partition coefficient (Wildman–Crippen LogP) is 0.374. The Morgan fingerprint density at radius 3 is 2.44 bits per heavy atom. The van der Waals surface area contributed by atoms with Crippen LogP contribution >= 0.6 is 0 Å². The maximum absolute atomic E-state index is 10.9. The van der Waals surface area contributed by atoms with Crippen molar-refractivity contribution in [3.05, 3.63) is 78.9 Å². The maximum Gasteiger partial charge on any atom is 0.288 e. The molecule has 2 aromatic heterocycles. The average molecular weight is 467 g/mol. The Kier molecular flexibility index (Phi) is 5.86. The van der Waals surface area contributed by atoms with Crippen LogP contribution in [0, 0.1) is 0 Å². The van der Waals surface area contributed by atoms with Crippen molar-refractivity contribution in [2.75, 3.05) is 6.61 Å². The SMILES string of the molecule is OC[C@H]1O[C@@H](O)[C@@](O)(Oc2cccc3ncn(Cc4ccc(-n5cccc5)cc4)c23)[C@@H](O)[C@@H]1O. The molecule has 0 unspecified atom stereocenters. The van der Waals surface area contributed by atoms with Crippen LogP contribution in [0.25, 0.3) is 16.7 Å². The van der Waals surface area contributed by atoms with Crippen LogP contribution in [0.3, 0.4) is 0 Å². The summed E-state index contributed by atoms with van der Waals surface area (Å²) < 4.78 is 14.6. The highest BCUT2D eigenvalue weighted by Gasteiger charge is 2.57. The Morgan fingerprint density at radius 2 is 1.74 bits per heavy atom. The number of fused-ring (bicyclic) bond motifs is 1. The summed E-state index contributed by atoms with van der Waals surface area (Å²) in [4.78, 5) is 4.39. The molecule has 3 heterocycles. The third kappa shape index (κ3) is 3.86. The number of hydrogen-bond donors (Lipinski definition) is 5. The van der Waals surface area contributed by atoms with E-state index in [0.717, 1.165) is 11.3 Å². The lowest BCUT2D eigenvalue weighted by Crippen LogP contribution is -2.69. The van der Waals surface area contributed by atoms with Crippen LogP contribution in [0.5, 0.6) is 5.75 Å². The molecule has 0 amide bonds. The molecule has 0 aliphatic carbocycles. The van der Waals surface area contributed by atoms with E-state index in [0.29, 0.717) is 17.6 Å². The zero-order valence-corrected chi connectivity index (χ0v) is 18.0. The second-order valence-corrected chi connectivity index (χ2v) is 8.25.